The molecule has 3 saturated carbocycles. The maximum Gasteiger partial charge on any atom is 0.271 e. The molecule has 3 aliphatic carbocycles. The van der Waals surface area contributed by atoms with E-state index in [0.29, 0.717) is 6.42 Å². The maximum absolute atomic E-state index is 13.7. The molecule has 0 amide bonds. The normalized spacial score (nSPS) is 52.6. The van der Waals surface area contributed by atoms with Crippen LogP contribution >= 0.6 is 31.9 Å². The summed E-state index contributed by atoms with van der Waals surface area (Å²) in [6.45, 7) is 13.0. The van der Waals surface area contributed by atoms with E-state index >= 15 is 0 Å². The average molecular weight is 643 g/mol. The summed E-state index contributed by atoms with van der Waals surface area (Å²) in [5, 5.41) is 21.9. The molecule has 35 heavy (non-hydrogen) atoms. The van der Waals surface area contributed by atoms with Crippen LogP contribution in [0.3, 0.4) is 0 Å². The Balaban J connectivity index is 1.89. The van der Waals surface area contributed by atoms with Crippen LogP contribution < -0.4 is 0 Å². The van der Waals surface area contributed by atoms with E-state index in [0.717, 1.165) is 32.1 Å². The monoisotopic (exact) mass is 640 g/mol. The van der Waals surface area contributed by atoms with Crippen LogP contribution in [-0.4, -0.2) is 51.3 Å². The molecule has 204 valence electrons. The van der Waals surface area contributed by atoms with Crippen LogP contribution in [0.25, 0.3) is 0 Å². The Bertz CT molecular complexity index is 824. The van der Waals surface area contributed by atoms with Crippen LogP contribution in [0.1, 0.15) is 80.1 Å². The van der Waals surface area contributed by atoms with E-state index in [1.807, 2.05) is 0 Å². The predicted molar refractivity (Wildman–Crippen MR) is 147 cm³/mol. The Morgan fingerprint density at radius 2 is 1.23 bits per heavy atom. The van der Waals surface area contributed by atoms with Gasteiger partial charge in [0.25, 0.3) is 10.1 Å². The van der Waals surface area contributed by atoms with Gasteiger partial charge in [-0.25, -0.2) is 0 Å². The highest BCUT2D eigenvalue weighted by atomic mass is 79.9. The summed E-state index contributed by atoms with van der Waals surface area (Å²) >= 11 is 7.69. The molecule has 1 heterocycles. The summed E-state index contributed by atoms with van der Waals surface area (Å²) in [5.74, 6) is 0.870. The minimum atomic E-state index is -3.69. The molecule has 8 heteroatoms. The van der Waals surface area contributed by atoms with Gasteiger partial charge in [-0.1, -0.05) is 86.2 Å². The standard InChI is InChI=1S/C27H46Br2O5S/c1-13(2)17-11-20(15(5)23(28)25(17)30)27(19-9-7-8-10-22(19)35(32,33)34-27)21-12-18(14(3)4)26(31)24(29)16(21)6/h13-26,30-31H,7-12H2,1-6H3/t15-,16+,17-,18-,19-,20-,21-,22+,23-,24-,25+,26+,27?/m1/s1. The van der Waals surface area contributed by atoms with Crippen LogP contribution in [0.2, 0.25) is 0 Å². The van der Waals surface area contributed by atoms with Crippen LogP contribution in [0.4, 0.5) is 0 Å². The zero-order chi connectivity index (χ0) is 26.0. The summed E-state index contributed by atoms with van der Waals surface area (Å²) in [4.78, 5) is -0.214. The average Bonchev–Trinajstić information content (AvgIpc) is 3.03. The molecule has 0 aromatic rings. The lowest BCUT2D eigenvalue weighted by Crippen LogP contribution is -2.63. The topological polar surface area (TPSA) is 83.8 Å². The highest BCUT2D eigenvalue weighted by Gasteiger charge is 2.69. The number of hydrogen-bond acceptors (Lipinski definition) is 5. The molecule has 5 nitrogen and oxygen atoms in total. The molecule has 1 unspecified atom stereocenters. The van der Waals surface area contributed by atoms with Crippen molar-refractivity contribution in [2.45, 2.75) is 113 Å². The quantitative estimate of drug-likeness (QED) is 0.302. The van der Waals surface area contributed by atoms with E-state index in [1.54, 1.807) is 0 Å². The second-order valence-electron chi connectivity index (χ2n) is 12.9. The third-order valence-electron chi connectivity index (χ3n) is 10.6. The second kappa shape index (κ2) is 10.4. The van der Waals surface area contributed by atoms with Crippen molar-refractivity contribution in [2.24, 2.45) is 53.3 Å². The minimum absolute atomic E-state index is 0.0146. The Morgan fingerprint density at radius 3 is 1.66 bits per heavy atom. The van der Waals surface area contributed by atoms with Gasteiger partial charge in [-0.15, -0.1) is 0 Å². The lowest BCUT2D eigenvalue weighted by molar-refractivity contribution is -0.158. The first-order valence-corrected chi connectivity index (χ1v) is 17.1. The van der Waals surface area contributed by atoms with E-state index < -0.39 is 33.2 Å². The Labute approximate surface area is 229 Å². The second-order valence-corrected chi connectivity index (χ2v) is 16.8. The summed E-state index contributed by atoms with van der Waals surface area (Å²) in [7, 11) is -3.69. The SMILES string of the molecule is CC(C)[C@H]1C[C@@H](C2([C@@H]3C[C@H](C(C)C)[C@H](O)[C@H](Br)[C@@H]3C)OS(=O)(=O)[C@H]3CCCC[C@H]32)[C@H](C)[C@@H](Br)[C@H]1O. The van der Waals surface area contributed by atoms with E-state index in [2.05, 4.69) is 73.4 Å². The van der Waals surface area contributed by atoms with Gasteiger partial charge in [0.05, 0.1) is 23.1 Å². The van der Waals surface area contributed by atoms with Gasteiger partial charge in [0.15, 0.2) is 0 Å². The predicted octanol–water partition coefficient (Wildman–Crippen LogP) is 5.75. The molecule has 0 radical (unpaired) electrons. The van der Waals surface area contributed by atoms with Gasteiger partial charge in [0.2, 0.25) is 0 Å². The van der Waals surface area contributed by atoms with Gasteiger partial charge in [-0.2, -0.15) is 8.42 Å². The maximum atomic E-state index is 13.7. The molecule has 0 aromatic carbocycles. The summed E-state index contributed by atoms with van der Waals surface area (Å²) in [6, 6.07) is 0. The van der Waals surface area contributed by atoms with Gasteiger partial charge in [0.1, 0.15) is 0 Å². The fourth-order valence-corrected chi connectivity index (χ4v) is 12.2. The molecule has 4 fully saturated rings. The number of aliphatic hydroxyl groups excluding tert-OH is 2. The molecule has 1 saturated heterocycles. The number of rotatable bonds is 4. The van der Waals surface area contributed by atoms with Crippen molar-refractivity contribution >= 4 is 42.0 Å². The van der Waals surface area contributed by atoms with Gasteiger partial charge >= 0.3 is 0 Å². The Kier molecular flexibility index (Phi) is 8.56. The summed E-state index contributed by atoms with van der Waals surface area (Å²) < 4.78 is 34.0. The summed E-state index contributed by atoms with van der Waals surface area (Å²) in [5.41, 5.74) is -0.804. The van der Waals surface area contributed by atoms with Crippen molar-refractivity contribution in [3.8, 4) is 0 Å². The molecule has 0 aromatic heterocycles. The highest BCUT2D eigenvalue weighted by molar-refractivity contribution is 9.09. The molecule has 1 aliphatic heterocycles. The number of aliphatic hydroxyl groups is 2. The lowest BCUT2D eigenvalue weighted by atomic mass is 9.51. The fourth-order valence-electron chi connectivity index (χ4n) is 8.59. The first-order valence-electron chi connectivity index (χ1n) is 13.8. The van der Waals surface area contributed by atoms with Crippen molar-refractivity contribution in [3.63, 3.8) is 0 Å². The minimum Gasteiger partial charge on any atom is -0.392 e. The molecule has 2 N–H and O–H groups in total. The highest BCUT2D eigenvalue weighted by Crippen LogP contribution is 2.63. The lowest BCUT2D eigenvalue weighted by Gasteiger charge is -2.58. The molecular weight excluding hydrogens is 596 g/mol. The van der Waals surface area contributed by atoms with Crippen molar-refractivity contribution in [1.82, 2.24) is 0 Å². The first kappa shape index (κ1) is 28.8. The van der Waals surface area contributed by atoms with Gasteiger partial charge in [-0.3, -0.25) is 4.18 Å². The molecular formula is C27H46Br2O5S. The van der Waals surface area contributed by atoms with E-state index in [9.17, 15) is 18.6 Å². The van der Waals surface area contributed by atoms with E-state index in [4.69, 9.17) is 4.18 Å². The number of halogens is 2. The van der Waals surface area contributed by atoms with Crippen LogP contribution in [0.15, 0.2) is 0 Å². The number of alkyl halides is 2. The number of fused-ring (bicyclic) bond motifs is 1. The van der Waals surface area contributed by atoms with Crippen molar-refractivity contribution < 1.29 is 22.8 Å². The Hall–Kier alpha value is 0.790. The zero-order valence-electron chi connectivity index (χ0n) is 22.1. The van der Waals surface area contributed by atoms with Crippen molar-refractivity contribution in [1.29, 1.82) is 0 Å². The summed E-state index contributed by atoms with van der Waals surface area (Å²) in [6.07, 6.45) is 4.14. The van der Waals surface area contributed by atoms with Gasteiger partial charge < -0.3 is 10.2 Å². The van der Waals surface area contributed by atoms with E-state index in [1.165, 1.54) is 0 Å². The van der Waals surface area contributed by atoms with Crippen LogP contribution in [-0.2, 0) is 14.3 Å². The Morgan fingerprint density at radius 1 is 0.800 bits per heavy atom. The smallest absolute Gasteiger partial charge is 0.271 e. The van der Waals surface area contributed by atoms with Gasteiger partial charge in [0, 0.05) is 15.6 Å². The number of hydrogen-bond donors (Lipinski definition) is 2. The molecule has 13 atom stereocenters. The third-order valence-corrected chi connectivity index (χ3v) is 15.2. The fraction of sp³-hybridized carbons (Fsp3) is 1.00. The zero-order valence-corrected chi connectivity index (χ0v) is 26.1. The van der Waals surface area contributed by atoms with Crippen LogP contribution in [0.5, 0.6) is 0 Å². The molecule has 4 aliphatic rings. The molecule has 0 spiro atoms. The largest absolute Gasteiger partial charge is 0.392 e. The van der Waals surface area contributed by atoms with Crippen LogP contribution in [0, 0.1) is 53.3 Å². The van der Waals surface area contributed by atoms with E-state index in [-0.39, 0.29) is 62.9 Å². The molecule has 4 rings (SSSR count). The van der Waals surface area contributed by atoms with Crippen molar-refractivity contribution in [3.05, 3.63) is 0 Å². The van der Waals surface area contributed by atoms with Crippen molar-refractivity contribution in [2.75, 3.05) is 0 Å². The first-order chi connectivity index (χ1) is 16.3. The third kappa shape index (κ3) is 4.64. The molecule has 0 bridgehead atoms. The van der Waals surface area contributed by atoms with Gasteiger partial charge in [-0.05, 0) is 73.0 Å².